The van der Waals surface area contributed by atoms with Crippen LogP contribution in [0.25, 0.3) is 21.5 Å². The number of azo groups is 2. The molecule has 0 aliphatic carbocycles. The molecule has 0 atom stereocenters. The molecule has 0 spiro atoms. The van der Waals surface area contributed by atoms with E-state index in [0.29, 0.717) is 68.4 Å². The molecule has 0 aromatic heterocycles. The molecule has 0 fully saturated rings. The number of nitrogens with one attached hydrogen (secondary N) is 1. The molecule has 0 heterocycles. The van der Waals surface area contributed by atoms with Crippen LogP contribution in [0.2, 0.25) is 10.0 Å². The third-order valence-electron chi connectivity index (χ3n) is 11.2. The molecule has 0 saturated heterocycles. The maximum atomic E-state index is 13.4. The quantitative estimate of drug-likeness (QED) is 0.0260. The number of carbonyl (C=O) groups is 1. The molecule has 1 amide bonds. The van der Waals surface area contributed by atoms with Crippen molar-refractivity contribution in [2.45, 2.75) is 36.5 Å². The summed E-state index contributed by atoms with van der Waals surface area (Å²) in [6.45, 7) is 3.57. The molecule has 380 valence electrons. The summed E-state index contributed by atoms with van der Waals surface area (Å²) in [6.07, 6.45) is 0.774. The molecular formula is C52H42CaCl2N6O12S2. The number of rotatable bonds is 14. The van der Waals surface area contributed by atoms with Gasteiger partial charge in [0.25, 0.3) is 26.1 Å². The molecule has 8 rings (SSSR count). The summed E-state index contributed by atoms with van der Waals surface area (Å²) in [5.74, 6) is -1.42. The number of aliphatic imine (C=N–C) groups is 1. The molecule has 0 aliphatic heterocycles. The second kappa shape index (κ2) is 24.7. The van der Waals surface area contributed by atoms with E-state index in [9.17, 15) is 46.1 Å². The molecule has 4 N–H and O–H groups in total. The van der Waals surface area contributed by atoms with E-state index in [1.165, 1.54) is 26.4 Å². The van der Waals surface area contributed by atoms with E-state index >= 15 is 0 Å². The summed E-state index contributed by atoms with van der Waals surface area (Å²) in [6, 6.07) is 34.5. The first-order valence-electron chi connectivity index (χ1n) is 22.0. The van der Waals surface area contributed by atoms with Crippen molar-refractivity contribution < 1.29 is 55.5 Å². The molecular weight excluding hydrogens is 1080 g/mol. The van der Waals surface area contributed by atoms with Crippen LogP contribution in [0.5, 0.6) is 23.0 Å². The predicted octanol–water partition coefficient (Wildman–Crippen LogP) is 11.5. The summed E-state index contributed by atoms with van der Waals surface area (Å²) >= 11 is 12.4. The van der Waals surface area contributed by atoms with Gasteiger partial charge in [0.15, 0.2) is 5.75 Å². The van der Waals surface area contributed by atoms with E-state index in [1.807, 2.05) is 0 Å². The van der Waals surface area contributed by atoms with Crippen molar-refractivity contribution in [1.82, 2.24) is 0 Å². The van der Waals surface area contributed by atoms with Crippen molar-refractivity contribution >= 4 is 149 Å². The Labute approximate surface area is 470 Å². The molecule has 23 heteroatoms. The topological polar surface area (TPSA) is 284 Å². The van der Waals surface area contributed by atoms with Gasteiger partial charge >= 0.3 is 37.7 Å². The van der Waals surface area contributed by atoms with E-state index in [-0.39, 0.29) is 81.7 Å². The van der Waals surface area contributed by atoms with Crippen molar-refractivity contribution in [3.05, 3.63) is 166 Å². The van der Waals surface area contributed by atoms with Gasteiger partial charge in [-0.25, -0.2) is 0 Å². The van der Waals surface area contributed by atoms with Crippen LogP contribution in [0.4, 0.5) is 34.1 Å². The Morgan fingerprint density at radius 3 is 1.63 bits per heavy atom. The smallest absolute Gasteiger partial charge is 0.871 e. The van der Waals surface area contributed by atoms with Gasteiger partial charge in [0.2, 0.25) is 0 Å². The van der Waals surface area contributed by atoms with Crippen LogP contribution in [0.1, 0.15) is 40.9 Å². The zero-order valence-corrected chi connectivity index (χ0v) is 45.5. The first-order valence-corrected chi connectivity index (χ1v) is 25.6. The van der Waals surface area contributed by atoms with Gasteiger partial charge in [0, 0.05) is 38.6 Å². The Morgan fingerprint density at radius 2 is 1.11 bits per heavy atom. The van der Waals surface area contributed by atoms with Crippen LogP contribution in [-0.4, -0.2) is 94.8 Å². The van der Waals surface area contributed by atoms with Crippen molar-refractivity contribution in [1.29, 1.82) is 0 Å². The second-order valence-electron chi connectivity index (χ2n) is 15.8. The number of carbonyl (C=O) groups excluding carboxylic acids is 1. The second-order valence-corrected chi connectivity index (χ2v) is 19.5. The Balaban J connectivity index is 0.000000241. The molecule has 8 aromatic carbocycles. The van der Waals surface area contributed by atoms with Gasteiger partial charge in [-0.2, -0.15) is 32.2 Å². The van der Waals surface area contributed by atoms with Crippen molar-refractivity contribution in [2.75, 3.05) is 19.5 Å². The number of hydrogen-bond donors (Lipinski definition) is 4. The number of hydrogen-bond acceptors (Lipinski definition) is 15. The number of phenolic OH excluding ortho intramolecular Hbond substituents is 1. The number of ether oxygens (including phenoxy) is 2. The molecule has 8 aromatic rings. The number of phenols is 1. The molecule has 0 radical (unpaired) electrons. The average Bonchev–Trinajstić information content (AvgIpc) is 3.37. The number of halogens is 2. The van der Waals surface area contributed by atoms with Gasteiger partial charge in [-0.1, -0.05) is 103 Å². The molecule has 18 nitrogen and oxygen atoms in total. The van der Waals surface area contributed by atoms with Crippen molar-refractivity contribution in [2.24, 2.45) is 25.4 Å². The molecule has 75 heavy (non-hydrogen) atoms. The van der Waals surface area contributed by atoms with Crippen molar-refractivity contribution in [3.8, 4) is 23.0 Å². The zero-order valence-electron chi connectivity index (χ0n) is 40.1. The molecule has 0 bridgehead atoms. The van der Waals surface area contributed by atoms with Crippen LogP contribution in [0.15, 0.2) is 169 Å². The van der Waals surface area contributed by atoms with Crippen LogP contribution in [0, 0.1) is 0 Å². The van der Waals surface area contributed by atoms with Gasteiger partial charge in [-0.3, -0.25) is 18.9 Å². The normalized spacial score (nSPS) is 11.9. The minimum Gasteiger partial charge on any atom is -0.871 e. The summed E-state index contributed by atoms with van der Waals surface area (Å²) in [5, 5.41) is 59.1. The minimum absolute atomic E-state index is 0. The Kier molecular flexibility index (Phi) is 19.0. The summed E-state index contributed by atoms with van der Waals surface area (Å²) < 4.78 is 76.0. The summed E-state index contributed by atoms with van der Waals surface area (Å²) in [7, 11) is -6.12. The molecule has 0 aliphatic rings. The number of benzene rings is 8. The van der Waals surface area contributed by atoms with Gasteiger partial charge in [0.1, 0.15) is 17.2 Å². The number of fused-ring (bicyclic) bond motifs is 2. The van der Waals surface area contributed by atoms with E-state index in [0.717, 1.165) is 24.3 Å². The van der Waals surface area contributed by atoms with Crippen LogP contribution >= 0.6 is 23.2 Å². The van der Waals surface area contributed by atoms with Crippen molar-refractivity contribution in [3.63, 3.8) is 0 Å². The van der Waals surface area contributed by atoms with Gasteiger partial charge < -0.3 is 30.1 Å². The van der Waals surface area contributed by atoms with Crippen LogP contribution in [-0.2, 0) is 33.1 Å². The number of aromatic hydroxyl groups is 1. The average molecular weight is 1120 g/mol. The largest absolute Gasteiger partial charge is 2.00 e. The van der Waals surface area contributed by atoms with Gasteiger partial charge in [0.05, 0.1) is 52.3 Å². The Bertz CT molecular complexity index is 3830. The molecule has 0 unspecified atom stereocenters. The monoisotopic (exact) mass is 1120 g/mol. The molecule has 0 saturated carbocycles. The SMILES string of the molecule is CCc1c(Cl)cc(S(=O)(=O)O)cc1N=Nc1c(O)c(C(=O)Nc2cccc(OC)c2)cc2ccccc12.CCc1c(Cl)cc(S(=O)(=O)O)cc1N=Nc1c([O-])c(C([O-])=Nc2cccc(OC)c2)cc2ccccc12.[Ca+2]. The minimum atomic E-state index is -4.57. The Morgan fingerprint density at radius 1 is 0.627 bits per heavy atom. The fourth-order valence-electron chi connectivity index (χ4n) is 7.50. The first kappa shape index (κ1) is 57.6. The third kappa shape index (κ3) is 13.6. The van der Waals surface area contributed by atoms with Crippen LogP contribution < -0.4 is 25.0 Å². The maximum absolute atomic E-state index is 13.4. The third-order valence-corrected chi connectivity index (χ3v) is 13.5. The van der Waals surface area contributed by atoms with E-state index in [4.69, 9.17) is 32.7 Å². The van der Waals surface area contributed by atoms with E-state index < -0.39 is 53.3 Å². The number of methoxy groups -OCH3 is 2. The fraction of sp³-hybridized carbons (Fsp3) is 0.115. The van der Waals surface area contributed by atoms with Gasteiger partial charge in [-0.05, 0) is 107 Å². The Hall–Kier alpha value is -6.72. The maximum Gasteiger partial charge on any atom is 2.00 e. The van der Waals surface area contributed by atoms with Gasteiger partial charge in [-0.15, -0.1) is 5.11 Å². The fourth-order valence-corrected chi connectivity index (χ4v) is 9.38. The van der Waals surface area contributed by atoms with E-state index in [1.54, 1.807) is 111 Å². The standard InChI is InChI=1S/2C26H22ClN3O6S.Ca/c2*1-3-19-22(27)13-18(37(33,34)35)14-23(19)29-30-24-20-10-5-4-7-15(20)11-21(25(24)31)26(32)28-16-8-6-9-17(12-16)36-2;/h2*4-14,31H,3H2,1-2H3,(H,28,32)(H,33,34,35);/q;;+2/p-2. The summed E-state index contributed by atoms with van der Waals surface area (Å²) in [4.78, 5) is 16.2. The van der Waals surface area contributed by atoms with Crippen LogP contribution in [0.3, 0.4) is 0 Å². The predicted molar refractivity (Wildman–Crippen MR) is 285 cm³/mol. The first-order chi connectivity index (χ1) is 35.2. The zero-order chi connectivity index (χ0) is 53.5. The number of anilines is 1. The summed E-state index contributed by atoms with van der Waals surface area (Å²) in [5.41, 5.74) is 1.51. The number of nitrogens with zero attached hydrogens (tertiary/aromatic N) is 5. The van der Waals surface area contributed by atoms with E-state index in [2.05, 4.69) is 30.8 Å². The number of amides is 1.